The quantitative estimate of drug-likeness (QED) is 0.773. The van der Waals surface area contributed by atoms with E-state index in [1.165, 1.54) is 12.3 Å². The van der Waals surface area contributed by atoms with Crippen LogP contribution >= 0.6 is 15.9 Å². The zero-order chi connectivity index (χ0) is 15.0. The maximum absolute atomic E-state index is 12.2. The van der Waals surface area contributed by atoms with Crippen LogP contribution < -0.4 is 10.5 Å². The third-order valence-electron chi connectivity index (χ3n) is 3.01. The van der Waals surface area contributed by atoms with Crippen molar-refractivity contribution in [2.45, 2.75) is 23.8 Å². The molecule has 1 fully saturated rings. The van der Waals surface area contributed by atoms with Gasteiger partial charge in [-0.05, 0) is 34.8 Å². The van der Waals surface area contributed by atoms with Gasteiger partial charge in [0, 0.05) is 16.7 Å². The first-order valence-electron chi connectivity index (χ1n) is 5.83. The number of sulfonamides is 1. The van der Waals surface area contributed by atoms with Crippen molar-refractivity contribution >= 4 is 41.6 Å². The normalized spacial score (nSPS) is 19.9. The van der Waals surface area contributed by atoms with Gasteiger partial charge in [0.1, 0.15) is 20.6 Å². The fourth-order valence-corrected chi connectivity index (χ4v) is 5.32. The number of aromatic nitrogens is 1. The molecule has 2 rings (SSSR count). The SMILES string of the molecule is Nc1ncc(Br)cc1S(=O)(=O)NC1CCS(=O)(=O)CC1. The number of nitrogens with two attached hydrogens (primary N) is 1. The molecule has 0 amide bonds. The molecule has 20 heavy (non-hydrogen) atoms. The van der Waals surface area contributed by atoms with Crippen molar-refractivity contribution in [1.29, 1.82) is 0 Å². The molecule has 0 atom stereocenters. The number of nitrogen functional groups attached to an aromatic ring is 1. The Kier molecular flexibility index (Phi) is 4.38. The fourth-order valence-electron chi connectivity index (χ4n) is 1.94. The molecule has 1 aromatic rings. The molecule has 0 spiro atoms. The van der Waals surface area contributed by atoms with Crippen molar-refractivity contribution in [3.63, 3.8) is 0 Å². The Balaban J connectivity index is 2.18. The van der Waals surface area contributed by atoms with E-state index in [0.29, 0.717) is 4.47 Å². The van der Waals surface area contributed by atoms with E-state index in [1.807, 2.05) is 0 Å². The van der Waals surface area contributed by atoms with Crippen LogP contribution in [0.5, 0.6) is 0 Å². The Morgan fingerprint density at radius 1 is 1.35 bits per heavy atom. The third-order valence-corrected chi connectivity index (χ3v) is 6.71. The van der Waals surface area contributed by atoms with Gasteiger partial charge in [-0.3, -0.25) is 0 Å². The molecule has 7 nitrogen and oxygen atoms in total. The summed E-state index contributed by atoms with van der Waals surface area (Å²) in [4.78, 5) is 3.67. The Morgan fingerprint density at radius 3 is 2.55 bits per heavy atom. The van der Waals surface area contributed by atoms with Gasteiger partial charge < -0.3 is 5.73 Å². The first-order valence-corrected chi connectivity index (χ1v) is 9.93. The Bertz CT molecular complexity index is 704. The van der Waals surface area contributed by atoms with E-state index < -0.39 is 25.9 Å². The average molecular weight is 384 g/mol. The van der Waals surface area contributed by atoms with E-state index >= 15 is 0 Å². The number of anilines is 1. The highest BCUT2D eigenvalue weighted by molar-refractivity contribution is 9.10. The van der Waals surface area contributed by atoms with Crippen LogP contribution in [-0.4, -0.2) is 39.4 Å². The molecule has 10 heteroatoms. The molecular formula is C10H14BrN3O4S2. The lowest BCUT2D eigenvalue weighted by Crippen LogP contribution is -2.41. The van der Waals surface area contributed by atoms with E-state index in [4.69, 9.17) is 5.73 Å². The number of nitrogens with zero attached hydrogens (tertiary/aromatic N) is 1. The van der Waals surface area contributed by atoms with Gasteiger partial charge in [-0.15, -0.1) is 0 Å². The average Bonchev–Trinajstić information content (AvgIpc) is 2.35. The van der Waals surface area contributed by atoms with Crippen LogP contribution in [0.2, 0.25) is 0 Å². The summed E-state index contributed by atoms with van der Waals surface area (Å²) in [6, 6.07) is 0.964. The minimum absolute atomic E-state index is 0.00754. The summed E-state index contributed by atoms with van der Waals surface area (Å²) in [6.45, 7) is 0. The predicted molar refractivity (Wildman–Crippen MR) is 78.3 cm³/mol. The van der Waals surface area contributed by atoms with Gasteiger partial charge in [0.15, 0.2) is 0 Å². The maximum Gasteiger partial charge on any atom is 0.244 e. The minimum Gasteiger partial charge on any atom is -0.383 e. The van der Waals surface area contributed by atoms with Crippen LogP contribution in [0, 0.1) is 0 Å². The summed E-state index contributed by atoms with van der Waals surface area (Å²) >= 11 is 3.14. The highest BCUT2D eigenvalue weighted by atomic mass is 79.9. The second kappa shape index (κ2) is 5.58. The Hall–Kier alpha value is -0.710. The zero-order valence-electron chi connectivity index (χ0n) is 10.4. The van der Waals surface area contributed by atoms with Crippen molar-refractivity contribution in [1.82, 2.24) is 9.71 Å². The van der Waals surface area contributed by atoms with Crippen LogP contribution in [0.3, 0.4) is 0 Å². The molecule has 1 aliphatic heterocycles. The van der Waals surface area contributed by atoms with E-state index in [9.17, 15) is 16.8 Å². The van der Waals surface area contributed by atoms with Crippen molar-refractivity contribution in [2.24, 2.45) is 0 Å². The van der Waals surface area contributed by atoms with E-state index in [0.717, 1.165) is 0 Å². The second-order valence-corrected chi connectivity index (χ2v) is 9.49. The number of pyridine rings is 1. The first kappa shape index (κ1) is 15.7. The lowest BCUT2D eigenvalue weighted by Gasteiger charge is -2.23. The van der Waals surface area contributed by atoms with Crippen molar-refractivity contribution in [3.05, 3.63) is 16.7 Å². The lowest BCUT2D eigenvalue weighted by molar-refractivity contribution is 0.505. The summed E-state index contributed by atoms with van der Waals surface area (Å²) in [7, 11) is -6.84. The van der Waals surface area contributed by atoms with Crippen LogP contribution in [0.25, 0.3) is 0 Å². The van der Waals surface area contributed by atoms with Gasteiger partial charge in [-0.25, -0.2) is 26.5 Å². The molecular weight excluding hydrogens is 370 g/mol. The molecule has 1 aliphatic rings. The summed E-state index contributed by atoms with van der Waals surface area (Å²) in [6.07, 6.45) is 1.94. The second-order valence-electron chi connectivity index (χ2n) is 4.58. The number of rotatable bonds is 3. The summed E-state index contributed by atoms with van der Waals surface area (Å²) in [5.74, 6) is -0.108. The molecule has 0 bridgehead atoms. The smallest absolute Gasteiger partial charge is 0.244 e. The zero-order valence-corrected chi connectivity index (χ0v) is 13.6. The van der Waals surface area contributed by atoms with Gasteiger partial charge in [-0.2, -0.15) is 0 Å². The minimum atomic E-state index is -3.81. The molecule has 0 saturated carbocycles. The maximum atomic E-state index is 12.2. The summed E-state index contributed by atoms with van der Waals surface area (Å²) in [5.41, 5.74) is 5.58. The molecule has 112 valence electrons. The van der Waals surface area contributed by atoms with Gasteiger partial charge in [0.05, 0.1) is 11.5 Å². The van der Waals surface area contributed by atoms with Crippen LogP contribution in [-0.2, 0) is 19.9 Å². The van der Waals surface area contributed by atoms with E-state index in [1.54, 1.807) is 0 Å². The lowest BCUT2D eigenvalue weighted by atomic mass is 10.2. The number of hydrogen-bond donors (Lipinski definition) is 2. The van der Waals surface area contributed by atoms with Crippen molar-refractivity contribution in [3.8, 4) is 0 Å². The van der Waals surface area contributed by atoms with Gasteiger partial charge >= 0.3 is 0 Å². The molecule has 3 N–H and O–H groups in total. The first-order chi connectivity index (χ1) is 9.20. The van der Waals surface area contributed by atoms with E-state index in [2.05, 4.69) is 25.6 Å². The number of sulfone groups is 1. The molecule has 1 aromatic heterocycles. The highest BCUT2D eigenvalue weighted by Crippen LogP contribution is 2.22. The summed E-state index contributed by atoms with van der Waals surface area (Å²) in [5, 5.41) is 0. The molecule has 0 radical (unpaired) electrons. The van der Waals surface area contributed by atoms with Gasteiger partial charge in [-0.1, -0.05) is 0 Å². The topological polar surface area (TPSA) is 119 Å². The van der Waals surface area contributed by atoms with Crippen LogP contribution in [0.15, 0.2) is 21.6 Å². The molecule has 0 aromatic carbocycles. The molecule has 0 aliphatic carbocycles. The predicted octanol–water partition coefficient (Wildman–Crippen LogP) is 0.282. The van der Waals surface area contributed by atoms with Crippen LogP contribution in [0.4, 0.5) is 5.82 Å². The molecule has 0 unspecified atom stereocenters. The standard InChI is InChI=1S/C10H14BrN3O4S2/c11-7-5-9(10(12)13-6-7)20(17,18)14-8-1-3-19(15,16)4-2-8/h5-6,8,14H,1-4H2,(H2,12,13). The van der Waals surface area contributed by atoms with Crippen molar-refractivity contribution < 1.29 is 16.8 Å². The number of halogens is 1. The largest absolute Gasteiger partial charge is 0.383 e. The van der Waals surface area contributed by atoms with Gasteiger partial charge in [0.2, 0.25) is 10.0 Å². The number of nitrogens with one attached hydrogen (secondary N) is 1. The highest BCUT2D eigenvalue weighted by Gasteiger charge is 2.28. The Morgan fingerprint density at radius 2 is 1.95 bits per heavy atom. The molecule has 2 heterocycles. The monoisotopic (exact) mass is 383 g/mol. The third kappa shape index (κ3) is 3.68. The fraction of sp³-hybridized carbons (Fsp3) is 0.500. The summed E-state index contributed by atoms with van der Waals surface area (Å²) < 4.78 is 50.1. The Labute approximate surface area is 126 Å². The van der Waals surface area contributed by atoms with Crippen molar-refractivity contribution in [2.75, 3.05) is 17.2 Å². The van der Waals surface area contributed by atoms with Gasteiger partial charge in [0.25, 0.3) is 0 Å². The van der Waals surface area contributed by atoms with Crippen LogP contribution in [0.1, 0.15) is 12.8 Å². The van der Waals surface area contributed by atoms with E-state index in [-0.39, 0.29) is 35.1 Å². The number of hydrogen-bond acceptors (Lipinski definition) is 6. The molecule has 1 saturated heterocycles.